The van der Waals surface area contributed by atoms with E-state index in [1.165, 1.54) is 34.4 Å². The first-order chi connectivity index (χ1) is 16.0. The highest BCUT2D eigenvalue weighted by molar-refractivity contribution is 14.1. The van der Waals surface area contributed by atoms with E-state index in [-0.39, 0.29) is 10.8 Å². The van der Waals surface area contributed by atoms with Gasteiger partial charge in [0.25, 0.3) is 11.8 Å². The molecular formula is C19H24F14INS. The fourth-order valence-electron chi connectivity index (χ4n) is 2.64. The molecule has 0 radical (unpaired) electrons. The molecular weight excluding hydrogens is 667 g/mol. The molecule has 0 amide bonds. The molecule has 17 heteroatoms. The molecule has 1 nitrogen and oxygen atoms in total. The maximum atomic E-state index is 13.1. The summed E-state index contributed by atoms with van der Waals surface area (Å²) in [6.45, 7) is 0. The van der Waals surface area contributed by atoms with Crippen molar-refractivity contribution in [3.8, 4) is 5.40 Å². The third-order valence-corrected chi connectivity index (χ3v) is 5.56. The van der Waals surface area contributed by atoms with E-state index in [0.29, 0.717) is 6.42 Å². The van der Waals surface area contributed by atoms with Gasteiger partial charge >= 0.3 is 24.2 Å². The molecule has 0 aromatic rings. The molecule has 0 fully saturated rings. The Kier molecular flexibility index (Phi) is 16.6. The molecule has 0 aromatic carbocycles. The molecule has 0 aromatic heterocycles. The number of alkyl halides is 15. The van der Waals surface area contributed by atoms with E-state index in [9.17, 15) is 61.5 Å². The summed E-state index contributed by atoms with van der Waals surface area (Å²) < 4.78 is 172. The predicted octanol–water partition coefficient (Wildman–Crippen LogP) is 10.2. The Labute approximate surface area is 216 Å². The van der Waals surface area contributed by atoms with Crippen molar-refractivity contribution in [2.24, 2.45) is 0 Å². The number of thiocyanates is 1. The lowest BCUT2D eigenvalue weighted by molar-refractivity contribution is -0.356. The van der Waals surface area contributed by atoms with Crippen LogP contribution in [-0.2, 0) is 0 Å². The quantitative estimate of drug-likeness (QED) is 0.0596. The second kappa shape index (κ2) is 15.9. The van der Waals surface area contributed by atoms with Crippen molar-refractivity contribution in [2.45, 2.75) is 100 Å². The van der Waals surface area contributed by atoms with Crippen LogP contribution in [0.2, 0.25) is 0 Å². The molecule has 0 saturated heterocycles. The van der Waals surface area contributed by atoms with Gasteiger partial charge < -0.3 is 0 Å². The predicted molar refractivity (Wildman–Crippen MR) is 115 cm³/mol. The number of unbranched alkanes of at least 4 members (excludes halogenated alkanes) is 5. The van der Waals surface area contributed by atoms with Gasteiger partial charge in [-0.1, -0.05) is 48.3 Å². The van der Waals surface area contributed by atoms with Crippen LogP contribution < -0.4 is 0 Å². The van der Waals surface area contributed by atoms with E-state index in [4.69, 9.17) is 5.26 Å². The number of hydrogen-bond acceptors (Lipinski definition) is 2. The van der Waals surface area contributed by atoms with Crippen molar-refractivity contribution in [1.29, 1.82) is 5.26 Å². The Hall–Kier alpha value is -0.410. The van der Waals surface area contributed by atoms with E-state index < -0.39 is 61.7 Å². The second-order valence-electron chi connectivity index (χ2n) is 7.73. The van der Waals surface area contributed by atoms with Gasteiger partial charge in [-0.05, 0) is 24.6 Å². The minimum absolute atomic E-state index is 0.246. The minimum atomic E-state index is -6.70. The Balaban J connectivity index is 0. The number of nitrogens with zero attached hydrogens (tertiary/aromatic N) is 1. The Morgan fingerprint density at radius 2 is 1.03 bits per heavy atom. The fourth-order valence-corrected chi connectivity index (χ4v) is 3.87. The highest BCUT2D eigenvalue weighted by Crippen LogP contribution is 2.52. The molecule has 0 rings (SSSR count). The van der Waals surface area contributed by atoms with Gasteiger partial charge in [0, 0.05) is 23.0 Å². The first-order valence-corrected chi connectivity index (χ1v) is 12.8. The van der Waals surface area contributed by atoms with Gasteiger partial charge in [0.05, 0.1) is 12.8 Å². The summed E-state index contributed by atoms with van der Waals surface area (Å²) in [7, 11) is 0. The zero-order chi connectivity index (χ0) is 28.9. The van der Waals surface area contributed by atoms with Crippen molar-refractivity contribution >= 4 is 34.4 Å². The Morgan fingerprint density at radius 3 is 1.42 bits per heavy atom. The van der Waals surface area contributed by atoms with Gasteiger partial charge in [-0.25, -0.2) is 22.0 Å². The van der Waals surface area contributed by atoms with Crippen LogP contribution in [0.4, 0.5) is 61.5 Å². The molecule has 0 atom stereocenters. The molecule has 0 aliphatic carbocycles. The molecule has 0 aliphatic heterocycles. The molecule has 0 heterocycles. The summed E-state index contributed by atoms with van der Waals surface area (Å²) in [5.74, 6) is -8.56. The zero-order valence-electron chi connectivity index (χ0n) is 18.5. The van der Waals surface area contributed by atoms with Crippen molar-refractivity contribution < 1.29 is 61.5 Å². The summed E-state index contributed by atoms with van der Waals surface area (Å²) in [4.78, 5) is 0. The minimum Gasteiger partial charge on any atom is -0.223 e. The average molecular weight is 691 g/mol. The molecule has 0 unspecified atom stereocenters. The zero-order valence-corrected chi connectivity index (χ0v) is 21.5. The maximum Gasteiger partial charge on any atom is 0.431 e. The first-order valence-electron chi connectivity index (χ1n) is 10.3. The lowest BCUT2D eigenvalue weighted by Gasteiger charge is -2.33. The second-order valence-corrected chi connectivity index (χ2v) is 9.69. The highest BCUT2D eigenvalue weighted by Gasteiger charge is 2.75. The Bertz CT molecular complexity index is 626. The third kappa shape index (κ3) is 17.2. The summed E-state index contributed by atoms with van der Waals surface area (Å²) in [5.41, 5.74) is -6.26. The lowest BCUT2D eigenvalue weighted by atomic mass is 9.92. The van der Waals surface area contributed by atoms with Gasteiger partial charge in [-0.2, -0.15) is 44.8 Å². The van der Waals surface area contributed by atoms with Gasteiger partial charge in [0.1, 0.15) is 5.40 Å². The molecule has 0 aliphatic rings. The van der Waals surface area contributed by atoms with Gasteiger partial charge in [-0.15, -0.1) is 0 Å². The molecule has 0 N–H and O–H groups in total. The molecule has 0 bridgehead atoms. The van der Waals surface area contributed by atoms with Crippen LogP contribution in [0.3, 0.4) is 0 Å². The first kappa shape index (κ1) is 37.7. The summed E-state index contributed by atoms with van der Waals surface area (Å²) in [5, 5.41) is 10.2. The van der Waals surface area contributed by atoms with Gasteiger partial charge in [0.15, 0.2) is 0 Å². The van der Waals surface area contributed by atoms with Crippen LogP contribution in [0.15, 0.2) is 0 Å². The number of rotatable bonds is 14. The van der Waals surface area contributed by atoms with E-state index in [1.807, 2.05) is 5.40 Å². The summed E-state index contributed by atoms with van der Waals surface area (Å²) in [6, 6.07) is 0. The maximum absolute atomic E-state index is 13.1. The van der Waals surface area contributed by atoms with Crippen molar-refractivity contribution in [1.82, 2.24) is 0 Å². The molecule has 36 heavy (non-hydrogen) atoms. The third-order valence-electron chi connectivity index (χ3n) is 4.40. The normalized spacial score (nSPS) is 13.7. The number of halogens is 15. The molecule has 0 spiro atoms. The van der Waals surface area contributed by atoms with Crippen LogP contribution in [-0.4, -0.2) is 46.2 Å². The average Bonchev–Trinajstić information content (AvgIpc) is 2.63. The van der Waals surface area contributed by atoms with Crippen molar-refractivity contribution in [2.75, 3.05) is 10.2 Å². The largest absolute Gasteiger partial charge is 0.431 e. The van der Waals surface area contributed by atoms with Crippen LogP contribution in [0.5, 0.6) is 0 Å². The standard InChI is InChI=1S/C10H16F3NS.C9H8F11I/c11-10(12,13)7-5-3-1-2-4-6-8-15-9-14;10-5(11,1-2-21)3-6(12,13)4-7(14,8(15,16)17)9(18,19)20/h1-8H2;1-4H2. The summed E-state index contributed by atoms with van der Waals surface area (Å²) >= 11 is 2.60. The van der Waals surface area contributed by atoms with E-state index in [2.05, 4.69) is 0 Å². The van der Waals surface area contributed by atoms with Crippen LogP contribution in [0, 0.1) is 10.7 Å². The van der Waals surface area contributed by atoms with Crippen molar-refractivity contribution in [3.05, 3.63) is 0 Å². The van der Waals surface area contributed by atoms with Gasteiger partial charge in [-0.3, -0.25) is 0 Å². The summed E-state index contributed by atoms with van der Waals surface area (Å²) in [6.07, 6.45) is -20.5. The highest BCUT2D eigenvalue weighted by atomic mass is 127. The van der Waals surface area contributed by atoms with Crippen LogP contribution in [0.1, 0.15) is 64.2 Å². The Morgan fingerprint density at radius 1 is 0.583 bits per heavy atom. The van der Waals surface area contributed by atoms with Gasteiger partial charge in [0.2, 0.25) is 0 Å². The van der Waals surface area contributed by atoms with E-state index in [0.717, 1.165) is 31.4 Å². The monoisotopic (exact) mass is 691 g/mol. The van der Waals surface area contributed by atoms with E-state index >= 15 is 0 Å². The van der Waals surface area contributed by atoms with E-state index in [1.54, 1.807) is 0 Å². The SMILES string of the molecule is FC(F)(CCI)CC(F)(F)CC(F)(C(F)(F)F)C(F)(F)F.N#CSCCCCCCCCC(F)(F)F. The number of nitriles is 1. The topological polar surface area (TPSA) is 23.8 Å². The number of hydrogen-bond donors (Lipinski definition) is 0. The molecule has 0 saturated carbocycles. The smallest absolute Gasteiger partial charge is 0.223 e. The molecule has 216 valence electrons. The van der Waals surface area contributed by atoms with Crippen LogP contribution in [0.25, 0.3) is 0 Å². The lowest BCUT2D eigenvalue weighted by Crippen LogP contribution is -2.56. The number of thioether (sulfide) groups is 1. The fraction of sp³-hybridized carbons (Fsp3) is 0.947. The van der Waals surface area contributed by atoms with Crippen LogP contribution >= 0.6 is 34.4 Å². The van der Waals surface area contributed by atoms with Crippen molar-refractivity contribution in [3.63, 3.8) is 0 Å².